The van der Waals surface area contributed by atoms with Gasteiger partial charge in [0.25, 0.3) is 0 Å². The molecule has 1 N–H and O–H groups in total. The molecule has 1 heterocycles. The Labute approximate surface area is 131 Å². The summed E-state index contributed by atoms with van der Waals surface area (Å²) in [7, 11) is 0. The summed E-state index contributed by atoms with van der Waals surface area (Å²) in [6.07, 6.45) is 2.79. The van der Waals surface area contributed by atoms with E-state index in [1.54, 1.807) is 4.68 Å². The van der Waals surface area contributed by atoms with Gasteiger partial charge in [-0.15, -0.1) is 5.10 Å². The SMILES string of the molecule is CCn1cc(CNC(=O)[C@@H]2C[C@H]2c2ccc(Br)cc2)nn1. The van der Waals surface area contributed by atoms with E-state index in [2.05, 4.69) is 43.7 Å². The number of rotatable bonds is 5. The molecule has 1 fully saturated rings. The van der Waals surface area contributed by atoms with Gasteiger partial charge in [-0.1, -0.05) is 33.3 Å². The number of aryl methyl sites for hydroxylation is 1. The summed E-state index contributed by atoms with van der Waals surface area (Å²) in [6, 6.07) is 8.20. The van der Waals surface area contributed by atoms with E-state index in [1.807, 2.05) is 25.3 Å². The van der Waals surface area contributed by atoms with E-state index < -0.39 is 0 Å². The molecule has 2 aromatic rings. The summed E-state index contributed by atoms with van der Waals surface area (Å²) < 4.78 is 2.82. The number of aromatic nitrogens is 3. The minimum atomic E-state index is 0.0902. The second kappa shape index (κ2) is 5.97. The maximum atomic E-state index is 12.1. The molecule has 5 nitrogen and oxygen atoms in total. The molecule has 0 bridgehead atoms. The maximum absolute atomic E-state index is 12.1. The Morgan fingerprint density at radius 2 is 2.19 bits per heavy atom. The van der Waals surface area contributed by atoms with Crippen LogP contribution in [0.25, 0.3) is 0 Å². The Bertz CT molecular complexity index is 637. The zero-order chi connectivity index (χ0) is 14.8. The van der Waals surface area contributed by atoms with E-state index in [0.29, 0.717) is 12.5 Å². The van der Waals surface area contributed by atoms with Crippen molar-refractivity contribution in [2.75, 3.05) is 0 Å². The van der Waals surface area contributed by atoms with Crippen LogP contribution in [0.1, 0.15) is 30.5 Å². The molecule has 2 atom stereocenters. The van der Waals surface area contributed by atoms with Crippen molar-refractivity contribution in [2.24, 2.45) is 5.92 Å². The van der Waals surface area contributed by atoms with Gasteiger partial charge in [0.05, 0.1) is 12.7 Å². The largest absolute Gasteiger partial charge is 0.350 e. The first-order valence-corrected chi connectivity index (χ1v) is 7.89. The van der Waals surface area contributed by atoms with Gasteiger partial charge in [0, 0.05) is 16.9 Å². The Morgan fingerprint density at radius 3 is 2.86 bits per heavy atom. The highest BCUT2D eigenvalue weighted by molar-refractivity contribution is 9.10. The lowest BCUT2D eigenvalue weighted by molar-refractivity contribution is -0.122. The fourth-order valence-corrected chi connectivity index (χ4v) is 2.71. The van der Waals surface area contributed by atoms with Crippen LogP contribution >= 0.6 is 15.9 Å². The molecule has 1 aliphatic rings. The number of carbonyl (C=O) groups excluding carboxylic acids is 1. The number of halogens is 1. The van der Waals surface area contributed by atoms with Gasteiger partial charge in [-0.25, -0.2) is 0 Å². The first kappa shape index (κ1) is 14.3. The van der Waals surface area contributed by atoms with Gasteiger partial charge in [-0.2, -0.15) is 0 Å². The molecule has 0 spiro atoms. The summed E-state index contributed by atoms with van der Waals surface area (Å²) in [5, 5.41) is 10.9. The van der Waals surface area contributed by atoms with Gasteiger partial charge in [0.2, 0.25) is 5.91 Å². The highest BCUT2D eigenvalue weighted by Gasteiger charge is 2.43. The molecule has 0 saturated heterocycles. The van der Waals surface area contributed by atoms with E-state index in [1.165, 1.54) is 5.56 Å². The second-order valence-corrected chi connectivity index (χ2v) is 6.20. The Morgan fingerprint density at radius 1 is 1.43 bits per heavy atom. The summed E-state index contributed by atoms with van der Waals surface area (Å²) in [6.45, 7) is 3.24. The molecule has 1 aromatic heterocycles. The lowest BCUT2D eigenvalue weighted by Gasteiger charge is -2.03. The van der Waals surface area contributed by atoms with Crippen molar-refractivity contribution in [3.05, 3.63) is 46.2 Å². The Balaban J connectivity index is 1.52. The van der Waals surface area contributed by atoms with Crippen LogP contribution in [-0.4, -0.2) is 20.9 Å². The molecule has 21 heavy (non-hydrogen) atoms. The van der Waals surface area contributed by atoms with Gasteiger partial charge in [-0.3, -0.25) is 9.48 Å². The van der Waals surface area contributed by atoms with Crippen LogP contribution in [0.15, 0.2) is 34.9 Å². The quantitative estimate of drug-likeness (QED) is 0.902. The van der Waals surface area contributed by atoms with Gasteiger partial charge in [0.1, 0.15) is 5.69 Å². The molecule has 6 heteroatoms. The number of hydrogen-bond donors (Lipinski definition) is 1. The van der Waals surface area contributed by atoms with Crippen molar-refractivity contribution >= 4 is 21.8 Å². The third-order valence-electron chi connectivity index (χ3n) is 3.78. The van der Waals surface area contributed by atoms with Crippen molar-refractivity contribution < 1.29 is 4.79 Å². The van der Waals surface area contributed by atoms with Crippen LogP contribution in [0.3, 0.4) is 0 Å². The zero-order valence-corrected chi connectivity index (χ0v) is 13.4. The van der Waals surface area contributed by atoms with Crippen LogP contribution in [0, 0.1) is 5.92 Å². The molecule has 1 saturated carbocycles. The van der Waals surface area contributed by atoms with Crippen molar-refractivity contribution in [2.45, 2.75) is 32.4 Å². The number of nitrogens with zero attached hydrogens (tertiary/aromatic N) is 3. The maximum Gasteiger partial charge on any atom is 0.224 e. The first-order chi connectivity index (χ1) is 10.2. The van der Waals surface area contributed by atoms with E-state index in [0.717, 1.165) is 23.1 Å². The smallest absolute Gasteiger partial charge is 0.224 e. The normalized spacial score (nSPS) is 20.3. The Hall–Kier alpha value is -1.69. The van der Waals surface area contributed by atoms with Crippen LogP contribution in [0.5, 0.6) is 0 Å². The standard InChI is InChI=1S/C15H17BrN4O/c1-2-20-9-12(18-19-20)8-17-15(21)14-7-13(14)10-3-5-11(16)6-4-10/h3-6,9,13-14H,2,7-8H2,1H3,(H,17,21)/t13-,14+/m0/s1. The average Bonchev–Trinajstić information content (AvgIpc) is 3.16. The monoisotopic (exact) mass is 348 g/mol. The lowest BCUT2D eigenvalue weighted by Crippen LogP contribution is -2.25. The van der Waals surface area contributed by atoms with Crippen molar-refractivity contribution in [3.8, 4) is 0 Å². The molecular formula is C15H17BrN4O. The summed E-state index contributed by atoms with van der Waals surface area (Å²) >= 11 is 3.42. The van der Waals surface area contributed by atoms with Crippen molar-refractivity contribution in [1.29, 1.82) is 0 Å². The lowest BCUT2D eigenvalue weighted by atomic mass is 10.1. The number of hydrogen-bond acceptors (Lipinski definition) is 3. The minimum absolute atomic E-state index is 0.0902. The molecular weight excluding hydrogens is 332 g/mol. The van der Waals surface area contributed by atoms with E-state index in [4.69, 9.17) is 0 Å². The minimum Gasteiger partial charge on any atom is -0.350 e. The third kappa shape index (κ3) is 3.32. The molecule has 1 aliphatic carbocycles. The number of benzene rings is 1. The highest BCUT2D eigenvalue weighted by atomic mass is 79.9. The van der Waals surface area contributed by atoms with E-state index in [9.17, 15) is 4.79 Å². The Kier molecular flexibility index (Phi) is 4.05. The summed E-state index contributed by atoms with van der Waals surface area (Å²) in [4.78, 5) is 12.1. The van der Waals surface area contributed by atoms with Gasteiger partial charge in [0.15, 0.2) is 0 Å². The average molecular weight is 349 g/mol. The predicted octanol–water partition coefficient (Wildman–Crippen LogP) is 2.48. The first-order valence-electron chi connectivity index (χ1n) is 7.09. The molecule has 1 aromatic carbocycles. The molecule has 1 amide bonds. The van der Waals surface area contributed by atoms with Gasteiger partial charge in [-0.05, 0) is 37.0 Å². The predicted molar refractivity (Wildman–Crippen MR) is 82.5 cm³/mol. The van der Waals surface area contributed by atoms with E-state index >= 15 is 0 Å². The number of amides is 1. The molecule has 3 rings (SSSR count). The van der Waals surface area contributed by atoms with Gasteiger partial charge < -0.3 is 5.32 Å². The molecule has 0 aliphatic heterocycles. The van der Waals surface area contributed by atoms with Crippen LogP contribution < -0.4 is 5.32 Å². The summed E-state index contributed by atoms with van der Waals surface area (Å²) in [5.41, 5.74) is 2.03. The van der Waals surface area contributed by atoms with Crippen LogP contribution in [0.2, 0.25) is 0 Å². The zero-order valence-electron chi connectivity index (χ0n) is 11.8. The topological polar surface area (TPSA) is 59.8 Å². The molecule has 0 radical (unpaired) electrons. The van der Waals surface area contributed by atoms with Gasteiger partial charge >= 0.3 is 0 Å². The van der Waals surface area contributed by atoms with Crippen LogP contribution in [-0.2, 0) is 17.9 Å². The third-order valence-corrected chi connectivity index (χ3v) is 4.31. The van der Waals surface area contributed by atoms with Crippen LogP contribution in [0.4, 0.5) is 0 Å². The van der Waals surface area contributed by atoms with Crippen molar-refractivity contribution in [1.82, 2.24) is 20.3 Å². The van der Waals surface area contributed by atoms with E-state index in [-0.39, 0.29) is 11.8 Å². The fraction of sp³-hybridized carbons (Fsp3) is 0.400. The number of carbonyl (C=O) groups is 1. The van der Waals surface area contributed by atoms with Crippen molar-refractivity contribution in [3.63, 3.8) is 0 Å². The molecule has 0 unspecified atom stereocenters. The fourth-order valence-electron chi connectivity index (χ4n) is 2.45. The summed E-state index contributed by atoms with van der Waals surface area (Å²) in [5.74, 6) is 0.547. The second-order valence-electron chi connectivity index (χ2n) is 5.28. The molecule has 110 valence electrons. The number of nitrogens with one attached hydrogen (secondary N) is 1. The highest BCUT2D eigenvalue weighted by Crippen LogP contribution is 2.47.